The van der Waals surface area contributed by atoms with Crippen LogP contribution in [0.4, 0.5) is 34.1 Å². The van der Waals surface area contributed by atoms with E-state index in [1.54, 1.807) is 0 Å². The van der Waals surface area contributed by atoms with Gasteiger partial charge in [-0.15, -0.1) is 0 Å². The molecule has 3 nitrogen and oxygen atoms in total. The Morgan fingerprint density at radius 1 is 0.256 bits per heavy atom. The van der Waals surface area contributed by atoms with E-state index < -0.39 is 0 Å². The molecule has 16 rings (SSSR count). The van der Waals surface area contributed by atoms with Crippen molar-refractivity contribution >= 4 is 79.0 Å². The van der Waals surface area contributed by atoms with Crippen molar-refractivity contribution in [2.45, 2.75) is 52.4 Å². The van der Waals surface area contributed by atoms with Gasteiger partial charge in [0.25, 0.3) is 6.71 Å². The van der Waals surface area contributed by atoms with Crippen LogP contribution < -0.4 is 26.2 Å². The molecule has 13 aromatic carbocycles. The van der Waals surface area contributed by atoms with Crippen LogP contribution in [0.25, 0.3) is 94.3 Å². The summed E-state index contributed by atoms with van der Waals surface area (Å²) in [5.74, 6) is 0. The lowest BCUT2D eigenvalue weighted by molar-refractivity contribution is 0.592. The van der Waals surface area contributed by atoms with Gasteiger partial charge in [0, 0.05) is 44.9 Å². The molecular weight excluding hydrogens is 1090 g/mol. The van der Waals surface area contributed by atoms with Gasteiger partial charge in [0.15, 0.2) is 0 Å². The fraction of sp³-hybridized carbons (Fsp3) is 0.0930. The summed E-state index contributed by atoms with van der Waals surface area (Å²) in [5.41, 5.74) is 30.3. The van der Waals surface area contributed by atoms with Gasteiger partial charge in [-0.2, -0.15) is 0 Å². The van der Waals surface area contributed by atoms with E-state index in [0.29, 0.717) is 0 Å². The maximum Gasteiger partial charge on any atom is 0.252 e. The van der Waals surface area contributed by atoms with Gasteiger partial charge in [0.1, 0.15) is 0 Å². The van der Waals surface area contributed by atoms with Crippen molar-refractivity contribution in [3.05, 3.63) is 314 Å². The summed E-state index contributed by atoms with van der Waals surface area (Å²) in [7, 11) is 0. The van der Waals surface area contributed by atoms with Crippen LogP contribution in [0.5, 0.6) is 0 Å². The molecule has 0 radical (unpaired) electrons. The highest BCUT2D eigenvalue weighted by molar-refractivity contribution is 7.00. The summed E-state index contributed by atoms with van der Waals surface area (Å²) in [6, 6.07) is 114. The van der Waals surface area contributed by atoms with Crippen LogP contribution in [0.3, 0.4) is 0 Å². The van der Waals surface area contributed by atoms with Gasteiger partial charge >= 0.3 is 0 Å². The maximum atomic E-state index is 2.66. The van der Waals surface area contributed by atoms with Crippen molar-refractivity contribution in [2.24, 2.45) is 0 Å². The van der Waals surface area contributed by atoms with Gasteiger partial charge in [0.2, 0.25) is 0 Å². The van der Waals surface area contributed by atoms with Crippen LogP contribution in [0.1, 0.15) is 52.7 Å². The number of hydrogen-bond acceptors (Lipinski definition) is 2. The minimum absolute atomic E-state index is 0.218. The maximum absolute atomic E-state index is 2.66. The molecule has 0 spiro atoms. The Bertz CT molecular complexity index is 4630. The molecule has 0 bridgehead atoms. The third-order valence-electron chi connectivity index (χ3n) is 18.7. The number of aromatic nitrogens is 1. The minimum atomic E-state index is -0.243. The number of nitrogens with zero attached hydrogens (tertiary/aromatic N) is 3. The normalized spacial score (nSPS) is 12.7. The van der Waals surface area contributed by atoms with E-state index in [-0.39, 0.29) is 17.5 Å². The first kappa shape index (κ1) is 54.7. The van der Waals surface area contributed by atoms with Gasteiger partial charge in [0.05, 0.1) is 16.7 Å². The second-order valence-electron chi connectivity index (χ2n) is 26.5. The molecule has 3 heterocycles. The van der Waals surface area contributed by atoms with Crippen LogP contribution in [-0.2, 0) is 10.8 Å². The first-order valence-electron chi connectivity index (χ1n) is 31.7. The molecule has 0 atom stereocenters. The smallest absolute Gasteiger partial charge is 0.252 e. The number of hydrogen-bond donors (Lipinski definition) is 0. The fourth-order valence-electron chi connectivity index (χ4n) is 14.6. The highest BCUT2D eigenvalue weighted by Gasteiger charge is 2.46. The molecule has 430 valence electrons. The fourth-order valence-corrected chi connectivity index (χ4v) is 14.6. The van der Waals surface area contributed by atoms with Crippen molar-refractivity contribution in [3.8, 4) is 72.4 Å². The third kappa shape index (κ3) is 9.36. The lowest BCUT2D eigenvalue weighted by Gasteiger charge is -2.46. The highest BCUT2D eigenvalue weighted by Crippen LogP contribution is 2.51. The molecule has 0 aliphatic carbocycles. The van der Waals surface area contributed by atoms with Crippen molar-refractivity contribution in [1.82, 2.24) is 4.57 Å². The predicted molar refractivity (Wildman–Crippen MR) is 385 cm³/mol. The minimum Gasteiger partial charge on any atom is -0.311 e. The molecule has 2 aliphatic heterocycles. The molecule has 2 aliphatic rings. The molecule has 0 saturated carbocycles. The highest BCUT2D eigenvalue weighted by atomic mass is 15.2. The zero-order valence-corrected chi connectivity index (χ0v) is 51.8. The zero-order chi connectivity index (χ0) is 60.8. The van der Waals surface area contributed by atoms with Crippen molar-refractivity contribution in [1.29, 1.82) is 0 Å². The summed E-state index contributed by atoms with van der Waals surface area (Å²) in [4.78, 5) is 5.32. The molecule has 0 N–H and O–H groups in total. The quantitative estimate of drug-likeness (QED) is 0.133. The lowest BCUT2D eigenvalue weighted by atomic mass is 9.33. The van der Waals surface area contributed by atoms with Crippen LogP contribution >= 0.6 is 0 Å². The number of anilines is 6. The summed E-state index contributed by atoms with van der Waals surface area (Å²) in [6.07, 6.45) is 0. The van der Waals surface area contributed by atoms with Crippen molar-refractivity contribution < 1.29 is 0 Å². The molecule has 4 heteroatoms. The SMILES string of the molecule is CC(C)(C)c1cc2c(cc1-c1ccccc1)B1c3cc(-c4ccccc4)c(C(C)(C)C)cc3N(c3cc(-c4ccccc4)cc(-c4ccccc4)c3)c3cc(-n4c5ccccc5c5ccccc54)cc(c31)N2c1cc(-c2ccccc2)cc(-c2ccccc2)c1. The van der Waals surface area contributed by atoms with Crippen LogP contribution in [0, 0.1) is 0 Å². The second-order valence-corrected chi connectivity index (χ2v) is 26.5. The summed E-state index contributed by atoms with van der Waals surface area (Å²) in [6.45, 7) is 14.1. The Kier molecular flexibility index (Phi) is 13.1. The molecule has 0 unspecified atom stereocenters. The molecule has 14 aromatic rings. The van der Waals surface area contributed by atoms with Gasteiger partial charge in [-0.3, -0.25) is 0 Å². The number of fused-ring (bicyclic) bond motifs is 7. The number of benzene rings is 13. The molecule has 0 saturated heterocycles. The van der Waals surface area contributed by atoms with E-state index in [4.69, 9.17) is 0 Å². The molecule has 1 aromatic heterocycles. The number of para-hydroxylation sites is 2. The van der Waals surface area contributed by atoms with E-state index in [1.165, 1.54) is 94.2 Å². The molecule has 90 heavy (non-hydrogen) atoms. The Labute approximate surface area is 529 Å². The molecule has 0 fully saturated rings. The molecular formula is C86H68BN3. The average Bonchev–Trinajstić information content (AvgIpc) is 0.737. The average molecular weight is 1150 g/mol. The van der Waals surface area contributed by atoms with E-state index in [9.17, 15) is 0 Å². The Morgan fingerprint density at radius 3 is 0.878 bits per heavy atom. The third-order valence-corrected chi connectivity index (χ3v) is 18.7. The summed E-state index contributed by atoms with van der Waals surface area (Å²) >= 11 is 0. The van der Waals surface area contributed by atoms with Crippen LogP contribution in [-0.4, -0.2) is 11.3 Å². The first-order chi connectivity index (χ1) is 43.9. The van der Waals surface area contributed by atoms with Crippen LogP contribution in [0.2, 0.25) is 0 Å². The van der Waals surface area contributed by atoms with E-state index in [1.807, 2.05) is 0 Å². The van der Waals surface area contributed by atoms with Gasteiger partial charge < -0.3 is 14.4 Å². The Morgan fingerprint density at radius 2 is 0.556 bits per heavy atom. The van der Waals surface area contributed by atoms with Crippen molar-refractivity contribution in [2.75, 3.05) is 9.80 Å². The number of rotatable bonds is 9. The van der Waals surface area contributed by atoms with Gasteiger partial charge in [-0.1, -0.05) is 272 Å². The summed E-state index contributed by atoms with van der Waals surface area (Å²) in [5, 5.41) is 2.44. The topological polar surface area (TPSA) is 11.4 Å². The first-order valence-corrected chi connectivity index (χ1v) is 31.7. The van der Waals surface area contributed by atoms with Gasteiger partial charge in [-0.05, 0) is 178 Å². The monoisotopic (exact) mass is 1150 g/mol. The Hall–Kier alpha value is -10.7. The zero-order valence-electron chi connectivity index (χ0n) is 51.8. The van der Waals surface area contributed by atoms with Crippen LogP contribution in [0.15, 0.2) is 303 Å². The second kappa shape index (κ2) is 21.6. The van der Waals surface area contributed by atoms with Gasteiger partial charge in [-0.25, -0.2) is 0 Å². The molecule has 0 amide bonds. The Balaban J connectivity index is 1.11. The van der Waals surface area contributed by atoms with E-state index >= 15 is 0 Å². The predicted octanol–water partition coefficient (Wildman–Crippen LogP) is 21.5. The van der Waals surface area contributed by atoms with E-state index in [0.717, 1.165) is 61.7 Å². The summed E-state index contributed by atoms with van der Waals surface area (Å²) < 4.78 is 2.53. The largest absolute Gasteiger partial charge is 0.311 e. The lowest BCUT2D eigenvalue weighted by Crippen LogP contribution is -2.61. The van der Waals surface area contributed by atoms with E-state index in [2.05, 4.69) is 359 Å². The van der Waals surface area contributed by atoms with Crippen molar-refractivity contribution in [3.63, 3.8) is 0 Å². The standard InChI is InChI=1S/C86H68BN3/c1-85(2,3)74-55-80-76(53-72(74)61-37-21-11-22-38-61)87-77-54-73(62-39-23-12-24-40-62)75(86(4,5)6)56-81(77)90(68-49-65(59-33-17-9-18-34-59)46-66(50-68)60-35-19-10-20-36-60)83-52-69(88-78-43-27-25-41-70(78)71-42-26-28-44-79(71)88)51-82(84(83)87)89(80)67-47-63(57-29-13-7-14-30-57)45-64(48-67)58-31-15-8-16-32-58/h7-56H,1-6H3.